The number of esters is 1. The molecule has 1 aliphatic rings. The van der Waals surface area contributed by atoms with E-state index in [1.54, 1.807) is 31.2 Å². The van der Waals surface area contributed by atoms with Crippen LogP contribution in [0.3, 0.4) is 0 Å². The van der Waals surface area contributed by atoms with Crippen molar-refractivity contribution < 1.29 is 24.0 Å². The number of aromatic hydroxyl groups is 1. The van der Waals surface area contributed by atoms with E-state index in [9.17, 15) is 29.2 Å². The van der Waals surface area contributed by atoms with Gasteiger partial charge in [-0.15, -0.1) is 0 Å². The predicted molar refractivity (Wildman–Crippen MR) is 142 cm³/mol. The van der Waals surface area contributed by atoms with Gasteiger partial charge in [0.2, 0.25) is 5.75 Å². The second kappa shape index (κ2) is 10.5. The maximum Gasteiger partial charge on any atom is 0.338 e. The molecule has 2 heterocycles. The van der Waals surface area contributed by atoms with Crippen molar-refractivity contribution in [1.29, 1.82) is 0 Å². The lowest BCUT2D eigenvalue weighted by Gasteiger charge is -2.25. The van der Waals surface area contributed by atoms with E-state index in [0.29, 0.717) is 16.8 Å². The molecule has 0 spiro atoms. The summed E-state index contributed by atoms with van der Waals surface area (Å²) in [5.74, 6) is -1.75. The molecule has 1 atom stereocenters. The molecule has 0 fully saturated rings. The quantitative estimate of drug-likeness (QED) is 0.224. The van der Waals surface area contributed by atoms with Crippen molar-refractivity contribution in [1.82, 2.24) is 4.57 Å². The third-order valence-corrected chi connectivity index (χ3v) is 7.07. The molecule has 9 nitrogen and oxygen atoms in total. The zero-order valence-corrected chi connectivity index (χ0v) is 21.2. The first-order chi connectivity index (χ1) is 18.8. The Hall–Kier alpha value is -4.90. The van der Waals surface area contributed by atoms with Crippen LogP contribution in [0.5, 0.6) is 5.75 Å². The van der Waals surface area contributed by atoms with Gasteiger partial charge in [-0.3, -0.25) is 19.5 Å². The number of fused-ring (bicyclic) bond motifs is 1. The lowest BCUT2D eigenvalue weighted by atomic mass is 9.93. The monoisotopic (exact) mass is 545 g/mol. The number of thiazole rings is 1. The molecule has 0 saturated carbocycles. The van der Waals surface area contributed by atoms with Gasteiger partial charge in [0.25, 0.3) is 5.56 Å². The number of halogens is 1. The molecule has 1 aliphatic heterocycles. The molecule has 0 unspecified atom stereocenters. The Kier molecular flexibility index (Phi) is 6.90. The van der Waals surface area contributed by atoms with Crippen molar-refractivity contribution >= 4 is 34.8 Å². The van der Waals surface area contributed by atoms with Crippen LogP contribution in [0, 0.1) is 15.9 Å². The molecule has 5 rings (SSSR count). The number of carbonyl (C=O) groups is 1. The number of phenolic OH excluding ortho intramolecular Hbond substituents is 1. The Balaban J connectivity index is 1.83. The first-order valence-electron chi connectivity index (χ1n) is 11.8. The largest absolute Gasteiger partial charge is 0.502 e. The van der Waals surface area contributed by atoms with E-state index >= 15 is 0 Å². The Morgan fingerprint density at radius 2 is 1.87 bits per heavy atom. The van der Waals surface area contributed by atoms with E-state index in [2.05, 4.69) is 4.99 Å². The lowest BCUT2D eigenvalue weighted by Crippen LogP contribution is -2.40. The number of benzene rings is 3. The molecule has 3 aromatic carbocycles. The fourth-order valence-electron chi connectivity index (χ4n) is 4.35. The molecule has 0 aliphatic carbocycles. The highest BCUT2D eigenvalue weighted by atomic mass is 32.1. The van der Waals surface area contributed by atoms with Crippen LogP contribution in [0.4, 0.5) is 10.1 Å². The molecule has 39 heavy (non-hydrogen) atoms. The minimum absolute atomic E-state index is 0.0701. The van der Waals surface area contributed by atoms with E-state index in [1.807, 2.05) is 6.07 Å². The summed E-state index contributed by atoms with van der Waals surface area (Å²) in [6.07, 6.45) is 1.34. The van der Waals surface area contributed by atoms with Gasteiger partial charge in [0.15, 0.2) is 4.80 Å². The summed E-state index contributed by atoms with van der Waals surface area (Å²) in [6, 6.07) is 17.4. The number of hydrogen-bond acceptors (Lipinski definition) is 8. The third kappa shape index (κ3) is 4.75. The number of para-hydroxylation sites is 1. The molecule has 1 aromatic heterocycles. The fourth-order valence-corrected chi connectivity index (χ4v) is 5.35. The number of rotatable bonds is 6. The smallest absolute Gasteiger partial charge is 0.338 e. The van der Waals surface area contributed by atoms with Gasteiger partial charge in [-0.25, -0.2) is 14.2 Å². The summed E-state index contributed by atoms with van der Waals surface area (Å²) in [5, 5.41) is 21.7. The zero-order chi connectivity index (χ0) is 27.7. The van der Waals surface area contributed by atoms with Gasteiger partial charge in [0, 0.05) is 17.2 Å². The highest BCUT2D eigenvalue weighted by molar-refractivity contribution is 7.07. The van der Waals surface area contributed by atoms with Crippen molar-refractivity contribution in [2.75, 3.05) is 6.61 Å². The van der Waals surface area contributed by atoms with E-state index in [-0.39, 0.29) is 27.1 Å². The standard InChI is InChI=1S/C28H20FN3O6S/c1-2-38-27(35)22-23(16-7-4-3-5-8-16)30-28-31(24(22)17-11-13-19(29)14-12-17)26(34)21(39-28)15-18-9-6-10-20(25(18)33)32(36)37/h3-15,24,33H,2H2,1H3/b21-15+/t24-/m1/s1. The predicted octanol–water partition coefficient (Wildman–Crippen LogP) is 3.69. The highest BCUT2D eigenvalue weighted by Gasteiger charge is 2.35. The minimum Gasteiger partial charge on any atom is -0.502 e. The van der Waals surface area contributed by atoms with Gasteiger partial charge in [0.05, 0.1) is 33.4 Å². The van der Waals surface area contributed by atoms with Crippen LogP contribution in [-0.2, 0) is 9.53 Å². The van der Waals surface area contributed by atoms with Crippen LogP contribution in [0.2, 0.25) is 0 Å². The van der Waals surface area contributed by atoms with Gasteiger partial charge in [0.1, 0.15) is 5.82 Å². The number of nitrogens with zero attached hydrogens (tertiary/aromatic N) is 3. The van der Waals surface area contributed by atoms with Gasteiger partial charge >= 0.3 is 11.7 Å². The second-order valence-corrected chi connectivity index (χ2v) is 9.46. The Labute approximate surface area is 224 Å². The highest BCUT2D eigenvalue weighted by Crippen LogP contribution is 2.35. The van der Waals surface area contributed by atoms with Crippen molar-refractivity contribution in [3.05, 3.63) is 131 Å². The first kappa shape index (κ1) is 25.7. The number of phenols is 1. The molecular formula is C28H20FN3O6S. The van der Waals surface area contributed by atoms with Gasteiger partial charge in [-0.05, 0) is 30.7 Å². The second-order valence-electron chi connectivity index (χ2n) is 8.46. The van der Waals surface area contributed by atoms with Crippen LogP contribution in [-0.4, -0.2) is 27.2 Å². The normalized spacial score (nSPS) is 15.0. The van der Waals surface area contributed by atoms with Gasteiger partial charge < -0.3 is 9.84 Å². The summed E-state index contributed by atoms with van der Waals surface area (Å²) in [5.41, 5.74) is 0.488. The number of ether oxygens (including phenoxy) is 1. The van der Waals surface area contributed by atoms with Crippen LogP contribution in [0.25, 0.3) is 11.8 Å². The van der Waals surface area contributed by atoms with E-state index in [1.165, 1.54) is 47.0 Å². The van der Waals surface area contributed by atoms with Crippen LogP contribution < -0.4 is 14.9 Å². The SMILES string of the molecule is CCOC(=O)C1=C(c2ccccc2)N=c2s/c(=C/c3cccc([N+](=O)[O-])c3O)c(=O)n2[C@@H]1c1ccc(F)cc1. The lowest BCUT2D eigenvalue weighted by molar-refractivity contribution is -0.385. The summed E-state index contributed by atoms with van der Waals surface area (Å²) in [6.45, 7) is 1.74. The summed E-state index contributed by atoms with van der Waals surface area (Å²) in [4.78, 5) is 42.6. The maximum absolute atomic E-state index is 13.9. The van der Waals surface area contributed by atoms with Crippen molar-refractivity contribution in [3.8, 4) is 5.75 Å². The summed E-state index contributed by atoms with van der Waals surface area (Å²) < 4.78 is 20.7. The molecule has 0 saturated heterocycles. The molecule has 1 N–H and O–H groups in total. The third-order valence-electron chi connectivity index (χ3n) is 6.09. The molecular weight excluding hydrogens is 525 g/mol. The van der Waals surface area contributed by atoms with Crippen molar-refractivity contribution in [2.45, 2.75) is 13.0 Å². The van der Waals surface area contributed by atoms with Crippen LogP contribution in [0.15, 0.2) is 88.2 Å². The molecule has 0 bridgehead atoms. The number of nitro benzene ring substituents is 1. The van der Waals surface area contributed by atoms with Gasteiger partial charge in [-0.1, -0.05) is 65.9 Å². The number of nitro groups is 1. The Morgan fingerprint density at radius 1 is 1.15 bits per heavy atom. The van der Waals surface area contributed by atoms with E-state index < -0.39 is 39.7 Å². The maximum atomic E-state index is 13.9. The molecule has 11 heteroatoms. The number of carbonyl (C=O) groups excluding carboxylic acids is 1. The molecule has 4 aromatic rings. The van der Waals surface area contributed by atoms with Crippen LogP contribution in [0.1, 0.15) is 29.7 Å². The Morgan fingerprint density at radius 3 is 2.54 bits per heavy atom. The average Bonchev–Trinajstić information content (AvgIpc) is 3.24. The molecule has 0 amide bonds. The van der Waals surface area contributed by atoms with Gasteiger partial charge in [-0.2, -0.15) is 0 Å². The first-order valence-corrected chi connectivity index (χ1v) is 12.6. The topological polar surface area (TPSA) is 124 Å². The molecule has 0 radical (unpaired) electrons. The summed E-state index contributed by atoms with van der Waals surface area (Å²) >= 11 is 0.994. The van der Waals surface area contributed by atoms with Crippen LogP contribution >= 0.6 is 11.3 Å². The number of aromatic nitrogens is 1. The van der Waals surface area contributed by atoms with E-state index in [0.717, 1.165) is 17.4 Å². The fraction of sp³-hybridized carbons (Fsp3) is 0.107. The average molecular weight is 546 g/mol. The molecule has 196 valence electrons. The summed E-state index contributed by atoms with van der Waals surface area (Å²) in [7, 11) is 0. The Bertz CT molecular complexity index is 1810. The van der Waals surface area contributed by atoms with E-state index in [4.69, 9.17) is 4.74 Å². The van der Waals surface area contributed by atoms with Crippen molar-refractivity contribution in [2.24, 2.45) is 4.99 Å². The zero-order valence-electron chi connectivity index (χ0n) is 20.4. The number of hydrogen-bond donors (Lipinski definition) is 1. The minimum atomic E-state index is -1.00. The van der Waals surface area contributed by atoms with Crippen molar-refractivity contribution in [3.63, 3.8) is 0 Å².